The van der Waals surface area contributed by atoms with Crippen molar-refractivity contribution in [2.75, 3.05) is 12.0 Å². The number of hydrazine groups is 1. The van der Waals surface area contributed by atoms with Crippen molar-refractivity contribution in [3.63, 3.8) is 0 Å². The number of imide groups is 1. The number of para-hydroxylation sites is 1. The number of hydrogen-bond acceptors (Lipinski definition) is 8. The monoisotopic (exact) mass is 730 g/mol. The molecule has 3 aliphatic rings. The average molecular weight is 732 g/mol. The Kier molecular flexibility index (Phi) is 7.90. The first-order chi connectivity index (χ1) is 23.7. The lowest BCUT2D eigenvalue weighted by atomic mass is 9.53. The minimum absolute atomic E-state index is 0.0558. The lowest BCUT2D eigenvalue weighted by Gasteiger charge is -2.49. The second-order valence-corrected chi connectivity index (χ2v) is 13.0. The van der Waals surface area contributed by atoms with E-state index >= 15 is 4.79 Å². The molecule has 0 spiro atoms. The van der Waals surface area contributed by atoms with Crippen LogP contribution in [0.5, 0.6) is 11.5 Å². The summed E-state index contributed by atoms with van der Waals surface area (Å²) in [5.74, 6) is -4.66. The molecule has 4 heterocycles. The lowest BCUT2D eigenvalue weighted by molar-refractivity contribution is -0.139. The van der Waals surface area contributed by atoms with Crippen molar-refractivity contribution in [2.24, 2.45) is 13.0 Å². The van der Waals surface area contributed by atoms with Crippen molar-refractivity contribution in [1.82, 2.24) is 23.9 Å². The van der Waals surface area contributed by atoms with Crippen LogP contribution in [0.1, 0.15) is 42.0 Å². The molecule has 7 rings (SSSR count). The van der Waals surface area contributed by atoms with E-state index in [2.05, 4.69) is 10.4 Å². The molecular formula is C33H27Cl2F3N6O6. The number of rotatable bonds is 6. The fourth-order valence-electron chi connectivity index (χ4n) is 7.54. The van der Waals surface area contributed by atoms with Gasteiger partial charge in [-0.15, -0.1) is 0 Å². The summed E-state index contributed by atoms with van der Waals surface area (Å²) in [6.45, 7) is 1.86. The number of aromatic hydroxyl groups is 1. The number of benzene rings is 2. The second-order valence-electron chi connectivity index (χ2n) is 12.1. The third kappa shape index (κ3) is 4.77. The molecule has 260 valence electrons. The van der Waals surface area contributed by atoms with Crippen LogP contribution in [0.4, 0.5) is 19.0 Å². The molecule has 2 aromatic carbocycles. The molecule has 0 bridgehead atoms. The van der Waals surface area contributed by atoms with Gasteiger partial charge in [-0.05, 0) is 48.7 Å². The number of allylic oxidation sites excluding steroid dienone is 2. The van der Waals surface area contributed by atoms with Crippen LogP contribution in [0.3, 0.4) is 0 Å². The van der Waals surface area contributed by atoms with Crippen LogP contribution >= 0.6 is 23.2 Å². The number of nitrogens with zero attached hydrogens (tertiary/aromatic N) is 5. The molecule has 0 radical (unpaired) electrons. The predicted octanol–water partition coefficient (Wildman–Crippen LogP) is 4.79. The molecule has 12 nitrogen and oxygen atoms in total. The van der Waals surface area contributed by atoms with Gasteiger partial charge in [0.25, 0.3) is 11.8 Å². The number of pyridine rings is 1. The largest absolute Gasteiger partial charge is 0.504 e. The van der Waals surface area contributed by atoms with Gasteiger partial charge < -0.3 is 9.84 Å². The highest BCUT2D eigenvalue weighted by molar-refractivity contribution is 6.33. The smallest absolute Gasteiger partial charge is 0.417 e. The highest BCUT2D eigenvalue weighted by Crippen LogP contribution is 2.63. The zero-order valence-corrected chi connectivity index (χ0v) is 27.8. The quantitative estimate of drug-likeness (QED) is 0.213. The van der Waals surface area contributed by atoms with Gasteiger partial charge in [-0.2, -0.15) is 18.2 Å². The van der Waals surface area contributed by atoms with Gasteiger partial charge >= 0.3 is 17.6 Å². The molecule has 4 aromatic rings. The number of halogens is 5. The van der Waals surface area contributed by atoms with Crippen LogP contribution < -0.4 is 21.5 Å². The van der Waals surface area contributed by atoms with Gasteiger partial charge in [0.15, 0.2) is 17.3 Å². The number of ether oxygens (including phenoxy) is 1. The van der Waals surface area contributed by atoms with Crippen molar-refractivity contribution in [3.05, 3.63) is 114 Å². The van der Waals surface area contributed by atoms with Crippen molar-refractivity contribution in [2.45, 2.75) is 43.4 Å². The molecule has 2 N–H and O–H groups in total. The highest BCUT2D eigenvalue weighted by Gasteiger charge is 2.69. The Balaban J connectivity index is 1.49. The Labute approximate surface area is 290 Å². The summed E-state index contributed by atoms with van der Waals surface area (Å²) in [7, 11) is 1.33. The predicted molar refractivity (Wildman–Crippen MR) is 174 cm³/mol. The molecular weight excluding hydrogens is 704 g/mol. The van der Waals surface area contributed by atoms with Crippen LogP contribution in [0.25, 0.3) is 0 Å². The van der Waals surface area contributed by atoms with Crippen molar-refractivity contribution in [3.8, 4) is 11.5 Å². The summed E-state index contributed by atoms with van der Waals surface area (Å²) in [5.41, 5.74) is -0.657. The SMILES string of the molecule is CCOc1cccc([C@H]2C3=CCn4c(=O)n(C)c(=O)n4[C@@H]3C[C@H]3C(=O)N(Nc4ncc(C(F)(F)F)cc4Cl)C(=O)[C@@]23c2ccc(Cl)cc2)c1O. The summed E-state index contributed by atoms with van der Waals surface area (Å²) in [6.07, 6.45) is -2.69. The second kappa shape index (κ2) is 11.8. The zero-order valence-electron chi connectivity index (χ0n) is 26.2. The number of carbonyl (C=O) groups is 2. The van der Waals surface area contributed by atoms with E-state index in [1.165, 1.54) is 22.5 Å². The summed E-state index contributed by atoms with van der Waals surface area (Å²) in [5, 5.41) is 12.2. The van der Waals surface area contributed by atoms with Crippen LogP contribution in [0.2, 0.25) is 10.0 Å². The summed E-state index contributed by atoms with van der Waals surface area (Å²) in [4.78, 5) is 60.1. The minimum Gasteiger partial charge on any atom is -0.504 e. The van der Waals surface area contributed by atoms with E-state index in [0.29, 0.717) is 33.4 Å². The highest BCUT2D eigenvalue weighted by atomic mass is 35.5. The number of fused-ring (bicyclic) bond motifs is 4. The van der Waals surface area contributed by atoms with Gasteiger partial charge in [0.1, 0.15) is 0 Å². The number of anilines is 1. The topological polar surface area (TPSA) is 141 Å². The summed E-state index contributed by atoms with van der Waals surface area (Å²) in [6, 6.07) is 10.7. The number of carbonyl (C=O) groups excluding carboxylic acids is 2. The lowest BCUT2D eigenvalue weighted by Crippen LogP contribution is -2.53. The normalized spacial score (nSPS) is 22.9. The minimum atomic E-state index is -4.76. The van der Waals surface area contributed by atoms with E-state index < -0.39 is 69.1 Å². The number of nitrogens with one attached hydrogen (secondary N) is 1. The molecule has 1 saturated carbocycles. The maximum absolute atomic E-state index is 15.1. The summed E-state index contributed by atoms with van der Waals surface area (Å²) < 4.78 is 49.3. The van der Waals surface area contributed by atoms with Crippen LogP contribution in [0, 0.1) is 5.92 Å². The number of alkyl halides is 3. The van der Waals surface area contributed by atoms with Gasteiger partial charge in [0.05, 0.1) is 41.1 Å². The number of phenolic OH excluding ortho intramolecular Hbond substituents is 1. The maximum atomic E-state index is 15.1. The Hall–Kier alpha value is -5.02. The van der Waals surface area contributed by atoms with Gasteiger partial charge in [-0.1, -0.05) is 53.5 Å². The van der Waals surface area contributed by atoms with Crippen LogP contribution in [0.15, 0.2) is 76.0 Å². The molecule has 50 heavy (non-hydrogen) atoms. The molecule has 2 aromatic heterocycles. The first-order valence-electron chi connectivity index (χ1n) is 15.4. The van der Waals surface area contributed by atoms with Crippen molar-refractivity contribution in [1.29, 1.82) is 0 Å². The van der Waals surface area contributed by atoms with E-state index in [0.717, 1.165) is 4.57 Å². The van der Waals surface area contributed by atoms with E-state index in [1.807, 2.05) is 0 Å². The van der Waals surface area contributed by atoms with Gasteiger partial charge in [0.2, 0.25) is 0 Å². The van der Waals surface area contributed by atoms with E-state index in [1.54, 1.807) is 49.4 Å². The van der Waals surface area contributed by atoms with Gasteiger partial charge in [0, 0.05) is 29.7 Å². The number of amides is 2. The van der Waals surface area contributed by atoms with E-state index in [4.69, 9.17) is 27.9 Å². The third-order valence-corrected chi connectivity index (χ3v) is 10.2. The Bertz CT molecular complexity index is 2230. The number of phenols is 1. The Morgan fingerprint density at radius 2 is 1.80 bits per heavy atom. The standard InChI is InChI=1S/C33H27Cl2F3N6O6/c1-3-50-24-6-4-5-20(26(24)45)25-19-11-12-42-30(48)41(2)31(49)44(42)23(19)14-21-28(46)43(29(47)32(21,25)16-7-9-18(34)10-8-16)40-27-22(35)13-17(15-39-27)33(36,37)38/h4-11,13,15,21,23,25,45H,3,12,14H2,1-2H3,(H,39,40)/t21-,23+,25+,32+/m0/s1. The van der Waals surface area contributed by atoms with Gasteiger partial charge in [-0.25, -0.2) is 28.5 Å². The average Bonchev–Trinajstić information content (AvgIpc) is 3.43. The van der Waals surface area contributed by atoms with Crippen LogP contribution in [-0.2, 0) is 34.8 Å². The van der Waals surface area contributed by atoms with Crippen molar-refractivity contribution < 1.29 is 32.6 Å². The molecule has 4 atom stereocenters. The Morgan fingerprint density at radius 3 is 2.46 bits per heavy atom. The van der Waals surface area contributed by atoms with Crippen molar-refractivity contribution >= 4 is 40.8 Å². The van der Waals surface area contributed by atoms with Gasteiger partial charge in [-0.3, -0.25) is 15.0 Å². The molecule has 1 aliphatic carbocycles. The molecule has 17 heteroatoms. The molecule has 1 saturated heterocycles. The number of aromatic nitrogens is 4. The first-order valence-corrected chi connectivity index (χ1v) is 16.1. The fraction of sp³-hybridized carbons (Fsp3) is 0.303. The molecule has 2 amide bonds. The fourth-order valence-corrected chi connectivity index (χ4v) is 7.88. The molecule has 0 unspecified atom stereocenters. The summed E-state index contributed by atoms with van der Waals surface area (Å²) >= 11 is 12.5. The molecule has 2 aliphatic heterocycles. The first kappa shape index (κ1) is 33.5. The molecule has 2 fully saturated rings. The maximum Gasteiger partial charge on any atom is 0.417 e. The van der Waals surface area contributed by atoms with E-state index in [-0.39, 0.29) is 36.6 Å². The Morgan fingerprint density at radius 1 is 1.08 bits per heavy atom. The third-order valence-electron chi connectivity index (χ3n) is 9.65. The number of hydrogen-bond donors (Lipinski definition) is 2. The van der Waals surface area contributed by atoms with Crippen LogP contribution in [-0.4, -0.2) is 47.5 Å². The van der Waals surface area contributed by atoms with E-state index in [9.17, 15) is 32.7 Å². The zero-order chi connectivity index (χ0) is 35.9.